The third kappa shape index (κ3) is 1.64. The highest BCUT2D eigenvalue weighted by Gasteiger charge is 2.63. The van der Waals surface area contributed by atoms with E-state index < -0.39 is 0 Å². The van der Waals surface area contributed by atoms with E-state index in [0.717, 1.165) is 18.5 Å². The first-order valence-electron chi connectivity index (χ1n) is 7.41. The molecular weight excluding hydrogens is 218 g/mol. The molecule has 0 spiro atoms. The van der Waals surface area contributed by atoms with Crippen LogP contribution in [0.4, 0.5) is 0 Å². The normalized spacial score (nSPS) is 37.1. The number of hydrogen-bond acceptors (Lipinski definition) is 0. The maximum Gasteiger partial charge on any atom is 0.101 e. The van der Waals surface area contributed by atoms with E-state index in [0.29, 0.717) is 10.8 Å². The van der Waals surface area contributed by atoms with Crippen molar-refractivity contribution in [2.24, 2.45) is 16.7 Å². The highest BCUT2D eigenvalue weighted by Crippen LogP contribution is 2.64. The number of nitrogens with two attached hydrogens (primary N) is 1. The van der Waals surface area contributed by atoms with Gasteiger partial charge in [0.1, 0.15) is 6.54 Å². The van der Waals surface area contributed by atoms with Crippen LogP contribution in [0.3, 0.4) is 0 Å². The topological polar surface area (TPSA) is 16.6 Å². The lowest BCUT2D eigenvalue weighted by Crippen LogP contribution is -2.91. The Labute approximate surface area is 111 Å². The van der Waals surface area contributed by atoms with Gasteiger partial charge in [0.15, 0.2) is 0 Å². The van der Waals surface area contributed by atoms with Crippen molar-refractivity contribution in [3.63, 3.8) is 0 Å². The SMILES string of the molecule is CC1(C)[C@H]2CC[C@]1(C)[C@H]([NH2+]Cc1ccccc1)C2. The summed E-state index contributed by atoms with van der Waals surface area (Å²) >= 11 is 0. The highest BCUT2D eigenvalue weighted by molar-refractivity contribution is 5.14. The van der Waals surface area contributed by atoms with E-state index in [1.54, 1.807) is 0 Å². The predicted molar refractivity (Wildman–Crippen MR) is 75.1 cm³/mol. The fraction of sp³-hybridized carbons (Fsp3) is 0.647. The molecule has 1 aromatic carbocycles. The third-order valence-corrected chi connectivity index (χ3v) is 6.34. The van der Waals surface area contributed by atoms with Gasteiger partial charge in [-0.3, -0.25) is 0 Å². The second-order valence-electron chi connectivity index (χ2n) is 7.14. The van der Waals surface area contributed by atoms with E-state index in [2.05, 4.69) is 56.4 Å². The van der Waals surface area contributed by atoms with Crippen molar-refractivity contribution < 1.29 is 5.32 Å². The van der Waals surface area contributed by atoms with Crippen molar-refractivity contribution in [1.82, 2.24) is 0 Å². The Morgan fingerprint density at radius 1 is 1.17 bits per heavy atom. The van der Waals surface area contributed by atoms with Crippen LogP contribution >= 0.6 is 0 Å². The van der Waals surface area contributed by atoms with E-state index >= 15 is 0 Å². The predicted octanol–water partition coefficient (Wildman–Crippen LogP) is 2.96. The third-order valence-electron chi connectivity index (χ3n) is 6.34. The van der Waals surface area contributed by atoms with Gasteiger partial charge in [0, 0.05) is 17.4 Å². The lowest BCUT2D eigenvalue weighted by atomic mass is 9.69. The van der Waals surface area contributed by atoms with Crippen molar-refractivity contribution >= 4 is 0 Å². The van der Waals surface area contributed by atoms with E-state index in [-0.39, 0.29) is 0 Å². The van der Waals surface area contributed by atoms with Crippen LogP contribution in [0.15, 0.2) is 30.3 Å². The fourth-order valence-electron chi connectivity index (χ4n) is 4.51. The molecule has 2 aliphatic carbocycles. The molecule has 2 bridgehead atoms. The quantitative estimate of drug-likeness (QED) is 0.842. The molecule has 3 atom stereocenters. The zero-order valence-corrected chi connectivity index (χ0v) is 11.9. The summed E-state index contributed by atoms with van der Waals surface area (Å²) in [6, 6.07) is 11.7. The van der Waals surface area contributed by atoms with Crippen molar-refractivity contribution in [2.45, 2.75) is 52.6 Å². The fourth-order valence-corrected chi connectivity index (χ4v) is 4.51. The summed E-state index contributed by atoms with van der Waals surface area (Å²) in [4.78, 5) is 0. The average Bonchev–Trinajstić information content (AvgIpc) is 2.70. The summed E-state index contributed by atoms with van der Waals surface area (Å²) in [6.45, 7) is 8.68. The van der Waals surface area contributed by atoms with Gasteiger partial charge < -0.3 is 5.32 Å². The molecule has 3 rings (SSSR count). The molecule has 0 saturated heterocycles. The molecule has 1 nitrogen and oxygen atoms in total. The van der Waals surface area contributed by atoms with Gasteiger partial charge in [-0.15, -0.1) is 0 Å². The largest absolute Gasteiger partial charge is 0.340 e. The monoisotopic (exact) mass is 244 g/mol. The van der Waals surface area contributed by atoms with Crippen LogP contribution in [0.5, 0.6) is 0 Å². The average molecular weight is 244 g/mol. The molecule has 2 saturated carbocycles. The van der Waals surface area contributed by atoms with Gasteiger partial charge in [-0.05, 0) is 24.2 Å². The van der Waals surface area contributed by atoms with Crippen molar-refractivity contribution in [1.29, 1.82) is 0 Å². The number of benzene rings is 1. The van der Waals surface area contributed by atoms with Gasteiger partial charge in [0.25, 0.3) is 0 Å². The maximum atomic E-state index is 2.61. The van der Waals surface area contributed by atoms with Crippen LogP contribution < -0.4 is 5.32 Å². The van der Waals surface area contributed by atoms with Crippen molar-refractivity contribution in [3.8, 4) is 0 Å². The summed E-state index contributed by atoms with van der Waals surface area (Å²) in [7, 11) is 0. The van der Waals surface area contributed by atoms with Gasteiger partial charge in [-0.1, -0.05) is 51.1 Å². The molecule has 2 fully saturated rings. The summed E-state index contributed by atoms with van der Waals surface area (Å²) in [6.07, 6.45) is 4.32. The summed E-state index contributed by atoms with van der Waals surface area (Å²) < 4.78 is 0. The second-order valence-corrected chi connectivity index (χ2v) is 7.14. The molecule has 98 valence electrons. The van der Waals surface area contributed by atoms with E-state index in [4.69, 9.17) is 0 Å². The van der Waals surface area contributed by atoms with Crippen LogP contribution in [-0.4, -0.2) is 6.04 Å². The minimum atomic E-state index is 0.546. The molecule has 0 amide bonds. The molecule has 0 unspecified atom stereocenters. The van der Waals surface area contributed by atoms with Crippen molar-refractivity contribution in [2.75, 3.05) is 0 Å². The van der Waals surface area contributed by atoms with Gasteiger partial charge in [0.05, 0.1) is 6.04 Å². The number of hydrogen-bond donors (Lipinski definition) is 1. The van der Waals surface area contributed by atoms with E-state index in [1.807, 2.05) is 0 Å². The Morgan fingerprint density at radius 3 is 2.44 bits per heavy atom. The first-order valence-corrected chi connectivity index (χ1v) is 7.41. The number of quaternary nitrogens is 1. The van der Waals surface area contributed by atoms with Gasteiger partial charge in [-0.25, -0.2) is 0 Å². The van der Waals surface area contributed by atoms with Gasteiger partial charge >= 0.3 is 0 Å². The lowest BCUT2D eigenvalue weighted by molar-refractivity contribution is -0.717. The van der Waals surface area contributed by atoms with Gasteiger partial charge in [-0.2, -0.15) is 0 Å². The highest BCUT2D eigenvalue weighted by atomic mass is 15.0. The Bertz CT molecular complexity index is 422. The zero-order chi connectivity index (χ0) is 12.8. The summed E-state index contributed by atoms with van der Waals surface area (Å²) in [5.74, 6) is 0.958. The molecule has 1 heteroatoms. The Hall–Kier alpha value is -0.820. The molecule has 0 aromatic heterocycles. The van der Waals surface area contributed by atoms with Crippen LogP contribution in [-0.2, 0) is 6.54 Å². The van der Waals surface area contributed by atoms with Crippen LogP contribution in [0.1, 0.15) is 45.6 Å². The lowest BCUT2D eigenvalue weighted by Gasteiger charge is -2.37. The smallest absolute Gasteiger partial charge is 0.101 e. The zero-order valence-electron chi connectivity index (χ0n) is 11.9. The molecule has 2 N–H and O–H groups in total. The molecule has 0 heterocycles. The maximum absolute atomic E-state index is 2.61. The summed E-state index contributed by atoms with van der Waals surface area (Å²) in [5, 5.41) is 2.61. The second kappa shape index (κ2) is 4.09. The molecular formula is C17H26N+. The minimum absolute atomic E-state index is 0.546. The van der Waals surface area contributed by atoms with Gasteiger partial charge in [0.2, 0.25) is 0 Å². The first-order chi connectivity index (χ1) is 8.54. The molecule has 18 heavy (non-hydrogen) atoms. The molecule has 0 radical (unpaired) electrons. The minimum Gasteiger partial charge on any atom is -0.340 e. The van der Waals surface area contributed by atoms with Crippen LogP contribution in [0, 0.1) is 16.7 Å². The van der Waals surface area contributed by atoms with E-state index in [1.165, 1.54) is 24.8 Å². The number of fused-ring (bicyclic) bond motifs is 2. The van der Waals surface area contributed by atoms with E-state index in [9.17, 15) is 0 Å². The summed E-state index contributed by atoms with van der Waals surface area (Å²) in [5.41, 5.74) is 2.55. The Kier molecular flexibility index (Phi) is 2.78. The Balaban J connectivity index is 1.69. The Morgan fingerprint density at radius 2 is 1.89 bits per heavy atom. The molecule has 1 aromatic rings. The molecule has 0 aliphatic heterocycles. The number of rotatable bonds is 3. The van der Waals surface area contributed by atoms with Crippen LogP contribution in [0.2, 0.25) is 0 Å². The van der Waals surface area contributed by atoms with Crippen LogP contribution in [0.25, 0.3) is 0 Å². The standard InChI is InChI=1S/C17H25N/c1-16(2)14-9-10-17(16,3)15(11-14)18-12-13-7-5-4-6-8-13/h4-8,14-15,18H,9-12H2,1-3H3/p+1/t14-,15+,17+/m0/s1. The molecule has 2 aliphatic rings. The van der Waals surface area contributed by atoms with Crippen molar-refractivity contribution in [3.05, 3.63) is 35.9 Å². The first kappa shape index (κ1) is 12.2.